The van der Waals surface area contributed by atoms with E-state index in [1.54, 1.807) is 24.3 Å². The molecule has 4 heterocycles. The summed E-state index contributed by atoms with van der Waals surface area (Å²) in [6.45, 7) is 2.10. The van der Waals surface area contributed by atoms with Gasteiger partial charge >= 0.3 is 0 Å². The van der Waals surface area contributed by atoms with Gasteiger partial charge in [0.15, 0.2) is 18.9 Å². The van der Waals surface area contributed by atoms with Crippen molar-refractivity contribution in [2.75, 3.05) is 19.9 Å². The highest BCUT2D eigenvalue weighted by molar-refractivity contribution is 6.21. The molecule has 3 saturated heterocycles. The molecule has 58 heavy (non-hydrogen) atoms. The van der Waals surface area contributed by atoms with Crippen LogP contribution in [0, 0.1) is 5.92 Å². The first-order valence-electron chi connectivity index (χ1n) is 19.2. The van der Waals surface area contributed by atoms with E-state index in [0.717, 1.165) is 21.6 Å². The predicted octanol–water partition coefficient (Wildman–Crippen LogP) is 5.68. The van der Waals surface area contributed by atoms with Gasteiger partial charge in [-0.2, -0.15) is 0 Å². The zero-order chi connectivity index (χ0) is 40.0. The number of benzene rings is 4. The number of fused-ring (bicyclic) bond motifs is 2. The fourth-order valence-electron chi connectivity index (χ4n) is 7.88. The van der Waals surface area contributed by atoms with Gasteiger partial charge < -0.3 is 43.0 Å². The number of rotatable bonds is 14. The maximum atomic E-state index is 14.1. The summed E-state index contributed by atoms with van der Waals surface area (Å²) in [4.78, 5) is 32.1. The molecule has 0 spiro atoms. The number of aliphatic hydroxyl groups is 1. The second-order valence-corrected chi connectivity index (χ2v) is 14.5. The third-order valence-electron chi connectivity index (χ3n) is 10.9. The van der Waals surface area contributed by atoms with Crippen molar-refractivity contribution in [1.29, 1.82) is 0 Å². The maximum Gasteiger partial charge on any atom is 0.262 e. The highest BCUT2D eigenvalue weighted by Gasteiger charge is 2.58. The van der Waals surface area contributed by atoms with Crippen molar-refractivity contribution >= 4 is 11.8 Å². The average Bonchev–Trinajstić information content (AvgIpc) is 3.51. The van der Waals surface area contributed by atoms with Gasteiger partial charge in [-0.25, -0.2) is 0 Å². The van der Waals surface area contributed by atoms with Crippen LogP contribution in [0.5, 0.6) is 0 Å². The Labute approximate surface area is 334 Å². The molecule has 15 nitrogen and oxygen atoms in total. The number of amides is 2. The van der Waals surface area contributed by atoms with Gasteiger partial charge in [-0.15, -0.1) is 0 Å². The number of carbonyl (C=O) groups is 2. The van der Waals surface area contributed by atoms with Crippen molar-refractivity contribution in [2.45, 2.75) is 81.7 Å². The summed E-state index contributed by atoms with van der Waals surface area (Å²) < 4.78 is 51.2. The molecule has 8 rings (SSSR count). The molecule has 0 aliphatic carbocycles. The minimum Gasteiger partial charge on any atom is -0.388 e. The van der Waals surface area contributed by atoms with Crippen LogP contribution in [-0.4, -0.2) is 97.0 Å². The summed E-state index contributed by atoms with van der Waals surface area (Å²) in [5.74, 6) is -1.70. The molecule has 2 amide bonds. The van der Waals surface area contributed by atoms with Gasteiger partial charge in [-0.3, -0.25) is 14.5 Å². The van der Waals surface area contributed by atoms with Gasteiger partial charge in [-0.1, -0.05) is 115 Å². The highest BCUT2D eigenvalue weighted by Crippen LogP contribution is 2.41. The molecule has 4 aliphatic rings. The van der Waals surface area contributed by atoms with Crippen LogP contribution in [0.1, 0.15) is 50.6 Å². The Hall–Kier alpha value is -5.03. The lowest BCUT2D eigenvalue weighted by Crippen LogP contribution is -2.69. The van der Waals surface area contributed by atoms with Crippen molar-refractivity contribution in [2.24, 2.45) is 11.0 Å². The van der Waals surface area contributed by atoms with E-state index in [1.807, 2.05) is 97.9 Å². The third kappa shape index (κ3) is 8.42. The fourth-order valence-corrected chi connectivity index (χ4v) is 7.88. The van der Waals surface area contributed by atoms with Gasteiger partial charge in [0.25, 0.3) is 11.8 Å². The molecule has 0 aromatic heterocycles. The topological polar surface area (TPSA) is 180 Å². The Morgan fingerprint density at radius 3 is 2.05 bits per heavy atom. The monoisotopic (exact) mass is 792 g/mol. The van der Waals surface area contributed by atoms with Crippen LogP contribution < -0.4 is 0 Å². The molecule has 4 aliphatic heterocycles. The standard InChI is InChI=1S/C43H44N4O11/c1-26-32(23-51-21-27-13-5-2-6-14-27)55-43(54-25-45-46-44)38(52-22-28-15-7-3-8-16-28)36(26)57-42-34(47-39(49)30-19-11-12-20-31(30)40(47)50)35(48)37-33(56-42)24-53-41(58-37)29-17-9-4-10-18-29/h2-20,26,32-38,41-43,48H,21-25H2,1H3/t26-,32?,33?,34?,35+,36-,37+,38?,41?,42-,43+/m0/s1. The Bertz CT molecular complexity index is 2020. The normalized spacial score (nSPS) is 30.7. The van der Waals surface area contributed by atoms with E-state index in [4.69, 9.17) is 43.4 Å². The minimum atomic E-state index is -1.47. The second-order valence-electron chi connectivity index (χ2n) is 14.5. The molecule has 4 aromatic rings. The molecule has 4 aromatic carbocycles. The van der Waals surface area contributed by atoms with Gasteiger partial charge in [0.05, 0.1) is 49.8 Å². The molecule has 0 saturated carbocycles. The van der Waals surface area contributed by atoms with E-state index < -0.39 is 79.3 Å². The Balaban J connectivity index is 1.13. The lowest BCUT2D eigenvalue weighted by atomic mass is 9.89. The lowest BCUT2D eigenvalue weighted by Gasteiger charge is -2.52. The molecule has 15 heteroatoms. The molecule has 0 radical (unpaired) electrons. The maximum absolute atomic E-state index is 14.1. The molecule has 11 atom stereocenters. The lowest BCUT2D eigenvalue weighted by molar-refractivity contribution is -0.375. The summed E-state index contributed by atoms with van der Waals surface area (Å²) in [5, 5.41) is 15.9. The molecular formula is C43H44N4O11. The van der Waals surface area contributed by atoms with Crippen molar-refractivity contribution in [3.05, 3.63) is 154 Å². The van der Waals surface area contributed by atoms with Crippen LogP contribution in [0.4, 0.5) is 0 Å². The van der Waals surface area contributed by atoms with Crippen LogP contribution in [0.15, 0.2) is 120 Å². The largest absolute Gasteiger partial charge is 0.388 e. The molecule has 0 bridgehead atoms. The minimum absolute atomic E-state index is 0.0150. The van der Waals surface area contributed by atoms with Gasteiger partial charge in [0.2, 0.25) is 0 Å². The number of aliphatic hydroxyl groups excluding tert-OH is 1. The third-order valence-corrected chi connectivity index (χ3v) is 10.9. The van der Waals surface area contributed by atoms with E-state index in [9.17, 15) is 14.7 Å². The van der Waals surface area contributed by atoms with Crippen LogP contribution in [0.2, 0.25) is 0 Å². The van der Waals surface area contributed by atoms with E-state index >= 15 is 0 Å². The van der Waals surface area contributed by atoms with Crippen molar-refractivity contribution in [1.82, 2.24) is 4.90 Å². The van der Waals surface area contributed by atoms with Crippen LogP contribution in [0.3, 0.4) is 0 Å². The van der Waals surface area contributed by atoms with E-state index in [2.05, 4.69) is 10.0 Å². The molecule has 1 N–H and O–H groups in total. The quantitative estimate of drug-likeness (QED) is 0.0718. The zero-order valence-corrected chi connectivity index (χ0v) is 31.7. The number of hydrogen-bond acceptors (Lipinski definition) is 12. The molecular weight excluding hydrogens is 748 g/mol. The number of imide groups is 1. The number of hydrogen-bond donors (Lipinski definition) is 1. The smallest absolute Gasteiger partial charge is 0.262 e. The fraction of sp³-hybridized carbons (Fsp3) is 0.395. The summed E-state index contributed by atoms with van der Waals surface area (Å²) in [7, 11) is 0. The number of ether oxygens (including phenoxy) is 8. The summed E-state index contributed by atoms with van der Waals surface area (Å²) in [6, 6.07) is 33.5. The summed E-state index contributed by atoms with van der Waals surface area (Å²) in [6.07, 6.45) is -9.25. The number of nitrogens with zero attached hydrogens (tertiary/aromatic N) is 4. The van der Waals surface area contributed by atoms with Crippen molar-refractivity contribution < 1.29 is 52.6 Å². The Morgan fingerprint density at radius 2 is 1.40 bits per heavy atom. The molecule has 5 unspecified atom stereocenters. The average molecular weight is 793 g/mol. The highest BCUT2D eigenvalue weighted by atomic mass is 16.8. The Morgan fingerprint density at radius 1 is 0.776 bits per heavy atom. The van der Waals surface area contributed by atoms with E-state index in [-0.39, 0.29) is 37.7 Å². The van der Waals surface area contributed by atoms with Crippen LogP contribution in [0.25, 0.3) is 10.4 Å². The van der Waals surface area contributed by atoms with Crippen LogP contribution in [-0.2, 0) is 51.1 Å². The van der Waals surface area contributed by atoms with Crippen molar-refractivity contribution in [3.63, 3.8) is 0 Å². The first-order valence-corrected chi connectivity index (χ1v) is 19.2. The number of azide groups is 1. The first kappa shape index (κ1) is 39.8. The second kappa shape index (κ2) is 18.3. The molecule has 302 valence electrons. The summed E-state index contributed by atoms with van der Waals surface area (Å²) >= 11 is 0. The Kier molecular flexibility index (Phi) is 12.5. The first-order chi connectivity index (χ1) is 28.4. The van der Waals surface area contributed by atoms with E-state index in [1.165, 1.54) is 0 Å². The summed E-state index contributed by atoms with van der Waals surface area (Å²) in [5.41, 5.74) is 12.0. The van der Waals surface area contributed by atoms with Crippen LogP contribution >= 0.6 is 0 Å². The van der Waals surface area contributed by atoms with Gasteiger partial charge in [0.1, 0.15) is 37.2 Å². The predicted molar refractivity (Wildman–Crippen MR) is 204 cm³/mol. The van der Waals surface area contributed by atoms with Crippen molar-refractivity contribution in [3.8, 4) is 0 Å². The van der Waals surface area contributed by atoms with Gasteiger partial charge in [-0.05, 0) is 28.8 Å². The van der Waals surface area contributed by atoms with E-state index in [0.29, 0.717) is 6.61 Å². The number of carbonyl (C=O) groups excluding carboxylic acids is 2. The SMILES string of the molecule is C[C@H]1C(COCc2ccccc2)O[C@@H](OCN=[N+]=[N-])C(OCc2ccccc2)[C@H]1O[C@@H]1OC2COC(c3ccccc3)O[C@H]2[C@H](O)C1N1C(=O)c2ccccc2C1=O. The van der Waals surface area contributed by atoms with Gasteiger partial charge in [0, 0.05) is 16.4 Å². The zero-order valence-electron chi connectivity index (χ0n) is 31.7. The molecule has 3 fully saturated rings.